The molecule has 0 N–H and O–H groups in total. The Kier molecular flexibility index (Phi) is 5.42. The lowest BCUT2D eigenvalue weighted by atomic mass is 9.68. The van der Waals surface area contributed by atoms with E-state index in [-0.39, 0.29) is 23.5 Å². The van der Waals surface area contributed by atoms with Gasteiger partial charge < -0.3 is 9.47 Å². The third-order valence-corrected chi connectivity index (χ3v) is 5.93. The number of benzene rings is 1. The van der Waals surface area contributed by atoms with Crippen LogP contribution >= 0.6 is 0 Å². The highest BCUT2D eigenvalue weighted by Gasteiger charge is 2.45. The van der Waals surface area contributed by atoms with Crippen LogP contribution in [0.3, 0.4) is 0 Å². The number of hydrogen-bond donors (Lipinski definition) is 0. The maximum Gasteiger partial charge on any atom is 0.137 e. The Labute approximate surface area is 165 Å². The highest BCUT2D eigenvalue weighted by Crippen LogP contribution is 2.42. The van der Waals surface area contributed by atoms with Gasteiger partial charge in [0, 0.05) is 18.4 Å². The first-order chi connectivity index (χ1) is 13.6. The maximum absolute atomic E-state index is 6.40. The Balaban J connectivity index is 1.51. The summed E-state index contributed by atoms with van der Waals surface area (Å²) in [5, 5.41) is 5.44. The minimum Gasteiger partial charge on any atom is -0.380 e. The summed E-state index contributed by atoms with van der Waals surface area (Å²) in [7, 11) is 1.80. The molecular weight excluding hydrogens is 352 g/mol. The van der Waals surface area contributed by atoms with Crippen LogP contribution in [-0.4, -0.2) is 39.1 Å². The van der Waals surface area contributed by atoms with Crippen molar-refractivity contribution >= 4 is 10.9 Å². The van der Waals surface area contributed by atoms with Crippen molar-refractivity contribution in [1.82, 2.24) is 19.7 Å². The quantitative estimate of drug-likeness (QED) is 0.650. The van der Waals surface area contributed by atoms with Crippen LogP contribution in [0.2, 0.25) is 0 Å². The summed E-state index contributed by atoms with van der Waals surface area (Å²) < 4.78 is 14.2. The van der Waals surface area contributed by atoms with Crippen molar-refractivity contribution in [2.24, 2.45) is 11.3 Å². The van der Waals surface area contributed by atoms with Gasteiger partial charge in [-0.1, -0.05) is 38.1 Å². The predicted molar refractivity (Wildman–Crippen MR) is 108 cm³/mol. The van der Waals surface area contributed by atoms with Crippen LogP contribution in [0.5, 0.6) is 0 Å². The van der Waals surface area contributed by atoms with Crippen LogP contribution < -0.4 is 0 Å². The zero-order valence-electron chi connectivity index (χ0n) is 16.8. The first-order valence-electron chi connectivity index (χ1n) is 9.88. The molecule has 1 saturated carbocycles. The summed E-state index contributed by atoms with van der Waals surface area (Å²) in [6.45, 7) is 5.78. The molecule has 4 rings (SSSR count). The first kappa shape index (κ1) is 19.0. The van der Waals surface area contributed by atoms with E-state index in [4.69, 9.17) is 14.5 Å². The summed E-state index contributed by atoms with van der Waals surface area (Å²) in [5.41, 5.74) is 2.06. The molecule has 3 aromatic rings. The number of pyridine rings is 1. The molecule has 0 bridgehead atoms. The van der Waals surface area contributed by atoms with Crippen molar-refractivity contribution < 1.29 is 9.47 Å². The van der Waals surface area contributed by atoms with Crippen LogP contribution in [-0.2, 0) is 22.6 Å². The van der Waals surface area contributed by atoms with Gasteiger partial charge in [-0.2, -0.15) is 5.10 Å². The Bertz CT molecular complexity index is 910. The molecule has 0 radical (unpaired) electrons. The Hall–Kier alpha value is -2.31. The lowest BCUT2D eigenvalue weighted by Gasteiger charge is -2.46. The second-order valence-electron chi connectivity index (χ2n) is 8.31. The van der Waals surface area contributed by atoms with Gasteiger partial charge in [0.15, 0.2) is 0 Å². The van der Waals surface area contributed by atoms with Crippen LogP contribution in [0.15, 0.2) is 49.1 Å². The molecule has 148 valence electrons. The summed E-state index contributed by atoms with van der Waals surface area (Å²) in [6.07, 6.45) is 5.59. The molecule has 0 spiro atoms. The first-order valence-corrected chi connectivity index (χ1v) is 9.88. The zero-order chi connectivity index (χ0) is 19.6. The fourth-order valence-electron chi connectivity index (χ4n) is 4.48. The van der Waals surface area contributed by atoms with Crippen LogP contribution in [0.4, 0.5) is 0 Å². The molecule has 1 fully saturated rings. The predicted octanol–water partition coefficient (Wildman–Crippen LogP) is 3.86. The molecule has 2 heterocycles. The number of nitrogens with zero attached hydrogens (tertiary/aromatic N) is 4. The lowest BCUT2D eigenvalue weighted by molar-refractivity contribution is -0.140. The molecule has 3 atom stereocenters. The third-order valence-electron chi connectivity index (χ3n) is 5.93. The van der Waals surface area contributed by atoms with Gasteiger partial charge in [0.25, 0.3) is 0 Å². The number of aromatic nitrogens is 4. The molecule has 1 aliphatic carbocycles. The minimum absolute atomic E-state index is 0.0930. The van der Waals surface area contributed by atoms with Gasteiger partial charge in [0.1, 0.15) is 12.7 Å². The van der Waals surface area contributed by atoms with E-state index in [1.54, 1.807) is 19.8 Å². The molecule has 0 aliphatic heterocycles. The normalized spacial score (nSPS) is 24.5. The summed E-state index contributed by atoms with van der Waals surface area (Å²) in [5.74, 6) is 0.205. The average Bonchev–Trinajstić information content (AvgIpc) is 3.20. The number of rotatable bonds is 6. The fourth-order valence-corrected chi connectivity index (χ4v) is 4.48. The van der Waals surface area contributed by atoms with Gasteiger partial charge in [0.2, 0.25) is 0 Å². The average molecular weight is 380 g/mol. The van der Waals surface area contributed by atoms with Gasteiger partial charge >= 0.3 is 0 Å². The van der Waals surface area contributed by atoms with Gasteiger partial charge in [-0.15, -0.1) is 0 Å². The van der Waals surface area contributed by atoms with Crippen molar-refractivity contribution in [3.05, 3.63) is 54.7 Å². The van der Waals surface area contributed by atoms with Crippen molar-refractivity contribution in [3.8, 4) is 0 Å². The Morgan fingerprint density at radius 3 is 2.82 bits per heavy atom. The minimum atomic E-state index is 0.0930. The molecular formula is C22H28N4O2. The molecule has 3 unspecified atom stereocenters. The molecule has 0 amide bonds. The van der Waals surface area contributed by atoms with Crippen molar-refractivity contribution in [3.63, 3.8) is 0 Å². The number of fused-ring (bicyclic) bond motifs is 1. The highest BCUT2D eigenvalue weighted by atomic mass is 16.5. The molecule has 6 heteroatoms. The van der Waals surface area contributed by atoms with Gasteiger partial charge in [-0.25, -0.2) is 4.98 Å². The van der Waals surface area contributed by atoms with Crippen LogP contribution in [0, 0.1) is 11.3 Å². The zero-order valence-corrected chi connectivity index (χ0v) is 16.8. The number of methoxy groups -OCH3 is 1. The summed E-state index contributed by atoms with van der Waals surface area (Å²) in [4.78, 5) is 8.83. The van der Waals surface area contributed by atoms with Gasteiger partial charge in [-0.3, -0.25) is 9.67 Å². The smallest absolute Gasteiger partial charge is 0.137 e. The summed E-state index contributed by atoms with van der Waals surface area (Å²) in [6, 6.07) is 12.3. The summed E-state index contributed by atoms with van der Waals surface area (Å²) >= 11 is 0. The fraction of sp³-hybridized carbons (Fsp3) is 0.500. The second kappa shape index (κ2) is 7.97. The topological polar surface area (TPSA) is 62.1 Å². The molecule has 28 heavy (non-hydrogen) atoms. The van der Waals surface area contributed by atoms with Crippen molar-refractivity contribution in [1.29, 1.82) is 0 Å². The third kappa shape index (κ3) is 3.93. The number of ether oxygens (including phenoxy) is 2. The molecule has 1 aromatic carbocycles. The monoisotopic (exact) mass is 380 g/mol. The van der Waals surface area contributed by atoms with E-state index in [9.17, 15) is 0 Å². The van der Waals surface area contributed by atoms with Crippen molar-refractivity contribution in [2.45, 2.75) is 52.0 Å². The van der Waals surface area contributed by atoms with E-state index in [0.717, 1.165) is 36.0 Å². The standard InChI is InChI=1S/C22H28N4O2/c1-22(2)11-10-20(18(21(22)27-3)12-26-15-23-14-24-26)28-13-17-9-8-16-6-4-5-7-19(16)25-17/h4-9,14-15,18,20-21H,10-13H2,1-3H3. The van der Waals surface area contributed by atoms with E-state index in [0.29, 0.717) is 6.61 Å². The van der Waals surface area contributed by atoms with E-state index in [1.165, 1.54) is 0 Å². The molecule has 2 aromatic heterocycles. The molecule has 1 aliphatic rings. The van der Waals surface area contributed by atoms with Crippen LogP contribution in [0.1, 0.15) is 32.4 Å². The van der Waals surface area contributed by atoms with Crippen molar-refractivity contribution in [2.75, 3.05) is 7.11 Å². The van der Waals surface area contributed by atoms with Gasteiger partial charge in [0.05, 0.1) is 36.6 Å². The van der Waals surface area contributed by atoms with E-state index in [1.807, 2.05) is 22.9 Å². The number of para-hydroxylation sites is 1. The van der Waals surface area contributed by atoms with Crippen LogP contribution in [0.25, 0.3) is 10.9 Å². The maximum atomic E-state index is 6.40. The second-order valence-corrected chi connectivity index (χ2v) is 8.31. The van der Waals surface area contributed by atoms with E-state index in [2.05, 4.69) is 42.1 Å². The Morgan fingerprint density at radius 2 is 2.04 bits per heavy atom. The highest BCUT2D eigenvalue weighted by molar-refractivity contribution is 5.78. The largest absolute Gasteiger partial charge is 0.380 e. The van der Waals surface area contributed by atoms with Gasteiger partial charge in [-0.05, 0) is 30.4 Å². The lowest BCUT2D eigenvalue weighted by Crippen LogP contribution is -2.50. The Morgan fingerprint density at radius 1 is 1.18 bits per heavy atom. The SMILES string of the molecule is COC1C(Cn2cncn2)C(OCc2ccc3ccccc3n2)CCC1(C)C. The number of hydrogen-bond acceptors (Lipinski definition) is 5. The molecule has 0 saturated heterocycles. The molecule has 6 nitrogen and oxygen atoms in total. The van der Waals surface area contributed by atoms with E-state index >= 15 is 0 Å². The van der Waals surface area contributed by atoms with E-state index < -0.39 is 0 Å².